The van der Waals surface area contributed by atoms with Gasteiger partial charge in [0.1, 0.15) is 0 Å². The summed E-state index contributed by atoms with van der Waals surface area (Å²) in [6.07, 6.45) is 1.76. The molecule has 0 rings (SSSR count). The van der Waals surface area contributed by atoms with Crippen molar-refractivity contribution in [2.24, 2.45) is 0 Å². The van der Waals surface area contributed by atoms with Crippen molar-refractivity contribution in [2.45, 2.75) is 18.3 Å². The van der Waals surface area contributed by atoms with E-state index < -0.39 is 5.44 Å². The Morgan fingerprint density at radius 1 is 1.75 bits per heavy atom. The van der Waals surface area contributed by atoms with Gasteiger partial charge in [0.15, 0.2) is 0 Å². The van der Waals surface area contributed by atoms with Gasteiger partial charge in [0, 0.05) is 0 Å². The van der Waals surface area contributed by atoms with E-state index in [0.29, 0.717) is 0 Å². The molecule has 0 radical (unpaired) electrons. The van der Waals surface area contributed by atoms with Crippen LogP contribution in [-0.4, -0.2) is 24.1 Å². The van der Waals surface area contributed by atoms with Crippen molar-refractivity contribution in [1.82, 2.24) is 5.32 Å². The number of nitrogens with one attached hydrogen (secondary N) is 1. The van der Waals surface area contributed by atoms with Gasteiger partial charge in [0.25, 0.3) is 0 Å². The Morgan fingerprint density at radius 2 is 2.38 bits per heavy atom. The molecule has 50 valence electrons. The van der Waals surface area contributed by atoms with Crippen LogP contribution in [0, 0.1) is 0 Å². The van der Waals surface area contributed by atoms with Crippen LogP contribution >= 0.6 is 12.6 Å². The van der Waals surface area contributed by atoms with E-state index in [9.17, 15) is 0 Å². The van der Waals surface area contributed by atoms with Crippen molar-refractivity contribution in [1.29, 1.82) is 0 Å². The average Bonchev–Trinajstić information content (AvgIpc) is 1.66. The van der Waals surface area contributed by atoms with Crippen molar-refractivity contribution in [3.05, 3.63) is 0 Å². The van der Waals surface area contributed by atoms with Crippen LogP contribution in [0.2, 0.25) is 0 Å². The van der Waals surface area contributed by atoms with Gasteiger partial charge in [-0.25, -0.2) is 0 Å². The molecule has 1 unspecified atom stereocenters. The van der Waals surface area contributed by atoms with Crippen molar-refractivity contribution >= 4 is 12.6 Å². The standard InChI is InChI=1S/C5H13NOS/c1-6-4-2-3-5(7)8/h5-8H,2-4H2,1H3. The summed E-state index contributed by atoms with van der Waals surface area (Å²) in [5.41, 5.74) is -0.441. The van der Waals surface area contributed by atoms with E-state index in [2.05, 4.69) is 17.9 Å². The first kappa shape index (κ1) is 8.27. The maximum Gasteiger partial charge on any atom is 0.0965 e. The second-order valence-electron chi connectivity index (χ2n) is 1.73. The maximum atomic E-state index is 8.62. The third kappa shape index (κ3) is 6.27. The minimum Gasteiger partial charge on any atom is -0.383 e. The van der Waals surface area contributed by atoms with Gasteiger partial charge in [-0.3, -0.25) is 0 Å². The quantitative estimate of drug-likeness (QED) is 0.293. The molecule has 0 saturated heterocycles. The Kier molecular flexibility index (Phi) is 5.59. The van der Waals surface area contributed by atoms with E-state index >= 15 is 0 Å². The topological polar surface area (TPSA) is 32.3 Å². The third-order valence-corrected chi connectivity index (χ3v) is 1.15. The molecule has 0 saturated carbocycles. The van der Waals surface area contributed by atoms with E-state index in [4.69, 9.17) is 5.11 Å². The molecule has 2 nitrogen and oxygen atoms in total. The van der Waals surface area contributed by atoms with Gasteiger partial charge in [-0.1, -0.05) is 0 Å². The van der Waals surface area contributed by atoms with Gasteiger partial charge in [-0.05, 0) is 26.4 Å². The molecular formula is C5H13NOS. The monoisotopic (exact) mass is 135 g/mol. The molecule has 0 aromatic carbocycles. The minimum atomic E-state index is -0.441. The van der Waals surface area contributed by atoms with E-state index in [1.807, 2.05) is 7.05 Å². The lowest BCUT2D eigenvalue weighted by atomic mass is 10.3. The number of hydrogen-bond donors (Lipinski definition) is 3. The Bertz CT molecular complexity index is 49.7. The summed E-state index contributed by atoms with van der Waals surface area (Å²) >= 11 is 3.80. The Hall–Kier alpha value is 0.270. The van der Waals surface area contributed by atoms with Crippen molar-refractivity contribution < 1.29 is 5.11 Å². The van der Waals surface area contributed by atoms with Crippen molar-refractivity contribution in [2.75, 3.05) is 13.6 Å². The molecule has 1 atom stereocenters. The molecule has 0 aromatic rings. The zero-order valence-electron chi connectivity index (χ0n) is 5.09. The van der Waals surface area contributed by atoms with Gasteiger partial charge in [0.05, 0.1) is 5.44 Å². The first-order chi connectivity index (χ1) is 3.77. The Labute approximate surface area is 55.7 Å². The summed E-state index contributed by atoms with van der Waals surface area (Å²) in [6.45, 7) is 0.956. The molecule has 0 aliphatic rings. The van der Waals surface area contributed by atoms with Crippen LogP contribution in [0.15, 0.2) is 0 Å². The van der Waals surface area contributed by atoms with Gasteiger partial charge in [-0.15, -0.1) is 12.6 Å². The largest absolute Gasteiger partial charge is 0.383 e. The van der Waals surface area contributed by atoms with Crippen LogP contribution in [0.25, 0.3) is 0 Å². The highest BCUT2D eigenvalue weighted by Gasteiger charge is 1.92. The number of thiol groups is 1. The number of aliphatic hydroxyl groups excluding tert-OH is 1. The maximum absolute atomic E-state index is 8.62. The van der Waals surface area contributed by atoms with E-state index in [0.717, 1.165) is 19.4 Å². The van der Waals surface area contributed by atoms with Crippen LogP contribution in [-0.2, 0) is 0 Å². The van der Waals surface area contributed by atoms with Crippen LogP contribution in [0.4, 0.5) is 0 Å². The lowest BCUT2D eigenvalue weighted by molar-refractivity contribution is 0.251. The van der Waals surface area contributed by atoms with Crippen LogP contribution in [0.3, 0.4) is 0 Å². The molecule has 3 heteroatoms. The van der Waals surface area contributed by atoms with Gasteiger partial charge in [0.2, 0.25) is 0 Å². The fourth-order valence-electron chi connectivity index (χ4n) is 0.461. The van der Waals surface area contributed by atoms with E-state index in [1.165, 1.54) is 0 Å². The summed E-state index contributed by atoms with van der Waals surface area (Å²) in [6, 6.07) is 0. The second kappa shape index (κ2) is 5.41. The summed E-state index contributed by atoms with van der Waals surface area (Å²) in [4.78, 5) is 0. The molecule has 8 heavy (non-hydrogen) atoms. The highest BCUT2D eigenvalue weighted by atomic mass is 32.1. The summed E-state index contributed by atoms with van der Waals surface area (Å²) in [5, 5.41) is 11.6. The van der Waals surface area contributed by atoms with Crippen molar-refractivity contribution in [3.63, 3.8) is 0 Å². The second-order valence-corrected chi connectivity index (χ2v) is 2.32. The van der Waals surface area contributed by atoms with E-state index in [-0.39, 0.29) is 0 Å². The summed E-state index contributed by atoms with van der Waals surface area (Å²) in [7, 11) is 1.89. The Morgan fingerprint density at radius 3 is 2.75 bits per heavy atom. The molecule has 0 fully saturated rings. The number of hydrogen-bond acceptors (Lipinski definition) is 3. The van der Waals surface area contributed by atoms with Crippen LogP contribution < -0.4 is 5.32 Å². The van der Waals surface area contributed by atoms with Gasteiger partial charge in [-0.2, -0.15) is 0 Å². The molecule has 0 spiro atoms. The molecule has 0 amide bonds. The summed E-state index contributed by atoms with van der Waals surface area (Å²) < 4.78 is 0. The third-order valence-electron chi connectivity index (χ3n) is 0.889. The van der Waals surface area contributed by atoms with Crippen molar-refractivity contribution in [3.8, 4) is 0 Å². The first-order valence-corrected chi connectivity index (χ1v) is 3.29. The van der Waals surface area contributed by atoms with Crippen LogP contribution in [0.1, 0.15) is 12.8 Å². The highest BCUT2D eigenvalue weighted by Crippen LogP contribution is 1.97. The fraction of sp³-hybridized carbons (Fsp3) is 1.00. The lowest BCUT2D eigenvalue weighted by Gasteiger charge is -2.00. The molecular weight excluding hydrogens is 122 g/mol. The summed E-state index contributed by atoms with van der Waals surface area (Å²) in [5.74, 6) is 0. The lowest BCUT2D eigenvalue weighted by Crippen LogP contribution is -2.09. The van der Waals surface area contributed by atoms with Crippen LogP contribution in [0.5, 0.6) is 0 Å². The number of rotatable bonds is 4. The smallest absolute Gasteiger partial charge is 0.0965 e. The average molecular weight is 135 g/mol. The van der Waals surface area contributed by atoms with E-state index in [1.54, 1.807) is 0 Å². The minimum absolute atomic E-state index is 0.441. The van der Waals surface area contributed by atoms with Gasteiger partial charge >= 0.3 is 0 Å². The normalized spacial score (nSPS) is 13.9. The fourth-order valence-corrected chi connectivity index (χ4v) is 0.644. The zero-order valence-corrected chi connectivity index (χ0v) is 5.99. The molecule has 0 heterocycles. The number of aliphatic hydroxyl groups is 1. The molecule has 0 aromatic heterocycles. The first-order valence-electron chi connectivity index (χ1n) is 2.78. The van der Waals surface area contributed by atoms with Gasteiger partial charge < -0.3 is 10.4 Å². The SMILES string of the molecule is CNCCCC(O)S. The molecule has 0 aliphatic heterocycles. The molecule has 2 N–H and O–H groups in total. The molecule has 0 bridgehead atoms. The predicted molar refractivity (Wildman–Crippen MR) is 38.2 cm³/mol. The Balaban J connectivity index is 2.72. The zero-order chi connectivity index (χ0) is 6.41. The molecule has 0 aliphatic carbocycles. The predicted octanol–water partition coefficient (Wildman–Crippen LogP) is 0.234. The highest BCUT2D eigenvalue weighted by molar-refractivity contribution is 7.80.